The fourth-order valence-electron chi connectivity index (χ4n) is 4.30. The Morgan fingerprint density at radius 1 is 1.29 bits per heavy atom. The van der Waals surface area contributed by atoms with Gasteiger partial charge in [-0.1, -0.05) is 39.2 Å². The van der Waals surface area contributed by atoms with Gasteiger partial charge in [-0.25, -0.2) is 0 Å². The van der Waals surface area contributed by atoms with Gasteiger partial charge in [-0.15, -0.1) is 6.42 Å². The molecule has 1 aromatic heterocycles. The Bertz CT molecular complexity index is 985. The van der Waals surface area contributed by atoms with Gasteiger partial charge in [0.1, 0.15) is 18.4 Å². The predicted molar refractivity (Wildman–Crippen MR) is 122 cm³/mol. The Balaban J connectivity index is 1.92. The van der Waals surface area contributed by atoms with Crippen molar-refractivity contribution in [3.8, 4) is 18.1 Å². The molecule has 1 N–H and O–H groups in total. The molecule has 1 aliphatic rings. The Morgan fingerprint density at radius 3 is 2.74 bits per heavy atom. The first-order valence-corrected chi connectivity index (χ1v) is 10.8. The first kappa shape index (κ1) is 22.8. The number of ether oxygens (including phenoxy) is 1. The molecule has 0 aliphatic carbocycles. The molecule has 1 saturated heterocycles. The summed E-state index contributed by atoms with van der Waals surface area (Å²) in [5, 5.41) is 9.67. The highest BCUT2D eigenvalue weighted by molar-refractivity contribution is 5.73. The van der Waals surface area contributed by atoms with Crippen LogP contribution in [0.1, 0.15) is 67.9 Å². The maximum absolute atomic E-state index is 11.8. The van der Waals surface area contributed by atoms with Gasteiger partial charge in [0.15, 0.2) is 0 Å². The first-order chi connectivity index (χ1) is 14.7. The molecule has 1 atom stereocenters. The lowest BCUT2D eigenvalue weighted by atomic mass is 9.83. The second kappa shape index (κ2) is 9.53. The van der Waals surface area contributed by atoms with E-state index < -0.39 is 12.0 Å². The summed E-state index contributed by atoms with van der Waals surface area (Å²) in [4.78, 5) is 18.0. The van der Waals surface area contributed by atoms with Gasteiger partial charge in [0.2, 0.25) is 0 Å². The van der Waals surface area contributed by atoms with Crippen LogP contribution in [0.25, 0.3) is 0 Å². The predicted octanol–water partition coefficient (Wildman–Crippen LogP) is 4.69. The van der Waals surface area contributed by atoms with Crippen molar-refractivity contribution in [3.63, 3.8) is 0 Å². The Labute approximate surface area is 185 Å². The lowest BCUT2D eigenvalue weighted by molar-refractivity contribution is -0.144. The average Bonchev–Trinajstić information content (AvgIpc) is 2.72. The molecule has 2 heterocycles. The standard InChI is InChI=1S/C26H32N2O3/c1-6-19-12-20(15-27-14-19)17-31-24-13-22(26(3,4)5)18(2)11-21(24)16-28-10-8-7-9-23(28)25(29)30/h1,11-15,23H,7-10,16-17H2,2-5H3,(H,29,30)/t23-/m0/s1. The molecule has 0 unspecified atom stereocenters. The molecule has 1 aromatic carbocycles. The van der Waals surface area contributed by atoms with Crippen molar-refractivity contribution in [1.29, 1.82) is 0 Å². The molecule has 0 bridgehead atoms. The fourth-order valence-corrected chi connectivity index (χ4v) is 4.30. The van der Waals surface area contributed by atoms with Crippen molar-refractivity contribution in [3.05, 3.63) is 58.4 Å². The molecule has 1 fully saturated rings. The third-order valence-electron chi connectivity index (χ3n) is 5.84. The lowest BCUT2D eigenvalue weighted by Gasteiger charge is -2.33. The van der Waals surface area contributed by atoms with Gasteiger partial charge in [-0.3, -0.25) is 14.7 Å². The monoisotopic (exact) mass is 420 g/mol. The number of nitrogens with zero attached hydrogens (tertiary/aromatic N) is 2. The van der Waals surface area contributed by atoms with E-state index in [-0.39, 0.29) is 5.41 Å². The van der Waals surface area contributed by atoms with Crippen molar-refractivity contribution >= 4 is 5.97 Å². The van der Waals surface area contributed by atoms with E-state index in [1.807, 2.05) is 6.07 Å². The van der Waals surface area contributed by atoms with Crippen molar-refractivity contribution in [2.45, 2.75) is 71.6 Å². The number of aliphatic carboxylic acids is 1. The van der Waals surface area contributed by atoms with Crippen LogP contribution in [0.15, 0.2) is 30.6 Å². The molecule has 31 heavy (non-hydrogen) atoms. The van der Waals surface area contributed by atoms with Crippen LogP contribution in [-0.2, 0) is 23.4 Å². The zero-order valence-electron chi connectivity index (χ0n) is 18.9. The van der Waals surface area contributed by atoms with Crippen molar-refractivity contribution in [2.75, 3.05) is 6.54 Å². The van der Waals surface area contributed by atoms with E-state index in [4.69, 9.17) is 11.2 Å². The number of hydrogen-bond acceptors (Lipinski definition) is 4. The molecule has 0 amide bonds. The normalized spacial score (nSPS) is 17.2. The van der Waals surface area contributed by atoms with Crippen LogP contribution in [0, 0.1) is 19.3 Å². The summed E-state index contributed by atoms with van der Waals surface area (Å²) in [5.41, 5.74) is 5.02. The number of carboxylic acids is 1. The summed E-state index contributed by atoms with van der Waals surface area (Å²) in [6.07, 6.45) is 11.6. The number of benzene rings is 1. The second-order valence-corrected chi connectivity index (χ2v) is 9.36. The minimum absolute atomic E-state index is 0.0274. The number of hydrogen-bond donors (Lipinski definition) is 1. The molecule has 5 heteroatoms. The van der Waals surface area contributed by atoms with Gasteiger partial charge in [0, 0.05) is 35.6 Å². The summed E-state index contributed by atoms with van der Waals surface area (Å²) in [5.74, 6) is 2.64. The molecule has 0 saturated carbocycles. The number of carboxylic acid groups (broad SMARTS) is 1. The summed E-state index contributed by atoms with van der Waals surface area (Å²) < 4.78 is 6.27. The van der Waals surface area contributed by atoms with E-state index in [0.29, 0.717) is 19.6 Å². The van der Waals surface area contributed by atoms with Crippen LogP contribution >= 0.6 is 0 Å². The third kappa shape index (κ3) is 5.65. The van der Waals surface area contributed by atoms with Gasteiger partial charge in [0.25, 0.3) is 0 Å². The maximum Gasteiger partial charge on any atom is 0.320 e. The molecular weight excluding hydrogens is 388 g/mol. The summed E-state index contributed by atoms with van der Waals surface area (Å²) in [7, 11) is 0. The number of rotatable bonds is 6. The Morgan fingerprint density at radius 2 is 2.06 bits per heavy atom. The first-order valence-electron chi connectivity index (χ1n) is 10.8. The lowest BCUT2D eigenvalue weighted by Crippen LogP contribution is -2.44. The van der Waals surface area contributed by atoms with Crippen LogP contribution in [0.4, 0.5) is 0 Å². The average molecular weight is 421 g/mol. The largest absolute Gasteiger partial charge is 0.489 e. The topological polar surface area (TPSA) is 62.7 Å². The molecule has 164 valence electrons. The zero-order chi connectivity index (χ0) is 22.6. The SMILES string of the molecule is C#Cc1cncc(COc2cc(C(C)(C)C)c(C)cc2CN2CCCC[C@H]2C(=O)O)c1. The Hall–Kier alpha value is -2.84. The number of aryl methyl sites for hydroxylation is 1. The van der Waals surface area contributed by atoms with Crippen LogP contribution in [0.2, 0.25) is 0 Å². The van der Waals surface area contributed by atoms with E-state index in [0.717, 1.165) is 41.8 Å². The minimum atomic E-state index is -0.748. The number of terminal acetylenes is 1. The van der Waals surface area contributed by atoms with Crippen molar-refractivity contribution in [1.82, 2.24) is 9.88 Å². The smallest absolute Gasteiger partial charge is 0.320 e. The number of pyridine rings is 1. The van der Waals surface area contributed by atoms with Gasteiger partial charge >= 0.3 is 5.97 Å². The van der Waals surface area contributed by atoms with Gasteiger partial charge in [-0.2, -0.15) is 0 Å². The maximum atomic E-state index is 11.8. The minimum Gasteiger partial charge on any atom is -0.489 e. The van der Waals surface area contributed by atoms with Crippen LogP contribution in [-0.4, -0.2) is 33.5 Å². The molecule has 1 aliphatic heterocycles. The summed E-state index contributed by atoms with van der Waals surface area (Å²) in [6.45, 7) is 10.4. The molecule has 2 aromatic rings. The molecule has 0 radical (unpaired) electrons. The van der Waals surface area contributed by atoms with Crippen LogP contribution in [0.3, 0.4) is 0 Å². The van der Waals surface area contributed by atoms with Crippen LogP contribution < -0.4 is 4.74 Å². The number of piperidine rings is 1. The Kier molecular flexibility index (Phi) is 7.02. The van der Waals surface area contributed by atoms with E-state index in [2.05, 4.69) is 55.6 Å². The summed E-state index contributed by atoms with van der Waals surface area (Å²) >= 11 is 0. The molecule has 0 spiro atoms. The number of aromatic nitrogens is 1. The molecule has 3 rings (SSSR count). The van der Waals surface area contributed by atoms with Gasteiger partial charge in [0.05, 0.1) is 0 Å². The van der Waals surface area contributed by atoms with E-state index >= 15 is 0 Å². The van der Waals surface area contributed by atoms with E-state index in [9.17, 15) is 9.90 Å². The summed E-state index contributed by atoms with van der Waals surface area (Å²) in [6, 6.07) is 5.72. The zero-order valence-corrected chi connectivity index (χ0v) is 18.9. The quantitative estimate of drug-likeness (QED) is 0.687. The van der Waals surface area contributed by atoms with E-state index in [1.165, 1.54) is 11.1 Å². The number of likely N-dealkylation sites (tertiary alicyclic amines) is 1. The highest BCUT2D eigenvalue weighted by Crippen LogP contribution is 2.34. The van der Waals surface area contributed by atoms with Gasteiger partial charge < -0.3 is 9.84 Å². The van der Waals surface area contributed by atoms with Crippen molar-refractivity contribution < 1.29 is 14.6 Å². The van der Waals surface area contributed by atoms with Crippen LogP contribution in [0.5, 0.6) is 5.75 Å². The van der Waals surface area contributed by atoms with Crippen molar-refractivity contribution in [2.24, 2.45) is 0 Å². The van der Waals surface area contributed by atoms with E-state index in [1.54, 1.807) is 12.4 Å². The molecular formula is C26H32N2O3. The highest BCUT2D eigenvalue weighted by atomic mass is 16.5. The number of carbonyl (C=O) groups is 1. The highest BCUT2D eigenvalue weighted by Gasteiger charge is 2.29. The third-order valence-corrected chi connectivity index (χ3v) is 5.84. The fraction of sp³-hybridized carbons (Fsp3) is 0.462. The molecule has 5 nitrogen and oxygen atoms in total. The second-order valence-electron chi connectivity index (χ2n) is 9.36. The van der Waals surface area contributed by atoms with Gasteiger partial charge in [-0.05, 0) is 55.0 Å².